The minimum Gasteiger partial charge on any atom is -0.366 e. The number of piperidine rings is 1. The molecule has 0 aromatic heterocycles. The fourth-order valence-corrected chi connectivity index (χ4v) is 5.61. The number of fused-ring (bicyclic) bond motifs is 1. The maximum atomic E-state index is 12.9. The summed E-state index contributed by atoms with van der Waals surface area (Å²) in [4.78, 5) is 0.330. The van der Waals surface area contributed by atoms with Gasteiger partial charge >= 0.3 is 0 Å². The van der Waals surface area contributed by atoms with Crippen LogP contribution in [0.3, 0.4) is 0 Å². The summed E-state index contributed by atoms with van der Waals surface area (Å²) in [7, 11) is -3.45. The van der Waals surface area contributed by atoms with E-state index < -0.39 is 16.2 Å². The van der Waals surface area contributed by atoms with Crippen molar-refractivity contribution >= 4 is 26.5 Å². The molecule has 152 valence electrons. The summed E-state index contributed by atoms with van der Waals surface area (Å²) < 4.78 is 27.4. The summed E-state index contributed by atoms with van der Waals surface area (Å²) in [6.45, 7) is 3.29. The first-order chi connectivity index (χ1) is 13.9. The van der Waals surface area contributed by atoms with Crippen molar-refractivity contribution in [3.8, 4) is 0 Å². The molecule has 0 amide bonds. The Morgan fingerprint density at radius 1 is 1.03 bits per heavy atom. The van der Waals surface area contributed by atoms with Crippen LogP contribution in [0.1, 0.15) is 31.5 Å². The first-order valence-electron chi connectivity index (χ1n) is 10.0. The second-order valence-electron chi connectivity index (χ2n) is 7.83. The number of nitrogens with one attached hydrogen (secondary N) is 1. The van der Waals surface area contributed by atoms with E-state index in [9.17, 15) is 8.42 Å². The molecule has 2 unspecified atom stereocenters. The molecular formula is C23H27N3O2S. The fraction of sp³-hybridized carbons (Fsp3) is 0.304. The molecule has 0 spiro atoms. The maximum absolute atomic E-state index is 12.9. The van der Waals surface area contributed by atoms with Crippen molar-refractivity contribution in [3.63, 3.8) is 0 Å². The van der Waals surface area contributed by atoms with Gasteiger partial charge < -0.3 is 11.1 Å². The minimum atomic E-state index is -3.45. The highest BCUT2D eigenvalue weighted by Crippen LogP contribution is 2.27. The first kappa shape index (κ1) is 19.9. The normalized spacial score (nSPS) is 19.2. The zero-order valence-corrected chi connectivity index (χ0v) is 17.4. The smallest absolute Gasteiger partial charge is 0.243 e. The van der Waals surface area contributed by atoms with Gasteiger partial charge in [0.15, 0.2) is 0 Å². The van der Waals surface area contributed by atoms with Crippen LogP contribution < -0.4 is 11.1 Å². The van der Waals surface area contributed by atoms with Crippen LogP contribution in [0.15, 0.2) is 71.6 Å². The number of benzene rings is 3. The van der Waals surface area contributed by atoms with E-state index >= 15 is 0 Å². The van der Waals surface area contributed by atoms with E-state index in [0.29, 0.717) is 23.9 Å². The standard InChI is InChI=1S/C23H27N3O2S/c1-17-6-5-15-26(16-17)29(27,28)20-13-11-19(12-14-20)25-23(24)22-10-4-8-18-7-2-3-9-21(18)22/h2-4,7-14,17,23,25H,5-6,15-16,24H2,1H3. The van der Waals surface area contributed by atoms with Crippen molar-refractivity contribution < 1.29 is 8.42 Å². The zero-order valence-electron chi connectivity index (χ0n) is 16.6. The molecule has 1 heterocycles. The molecule has 0 bridgehead atoms. The molecule has 6 heteroatoms. The molecule has 3 aromatic carbocycles. The van der Waals surface area contributed by atoms with Gasteiger partial charge in [0.1, 0.15) is 6.17 Å². The highest BCUT2D eigenvalue weighted by molar-refractivity contribution is 7.89. The summed E-state index contributed by atoms with van der Waals surface area (Å²) in [5.74, 6) is 0.401. The number of nitrogens with two attached hydrogens (primary N) is 1. The Kier molecular flexibility index (Phi) is 5.58. The van der Waals surface area contributed by atoms with E-state index in [0.717, 1.165) is 34.9 Å². The largest absolute Gasteiger partial charge is 0.366 e. The van der Waals surface area contributed by atoms with E-state index in [1.54, 1.807) is 28.6 Å². The van der Waals surface area contributed by atoms with E-state index in [1.807, 2.05) is 24.3 Å². The lowest BCUT2D eigenvalue weighted by atomic mass is 10.0. The fourth-order valence-electron chi connectivity index (χ4n) is 4.02. The summed E-state index contributed by atoms with van der Waals surface area (Å²) in [6.07, 6.45) is 1.60. The molecule has 0 radical (unpaired) electrons. The number of hydrogen-bond donors (Lipinski definition) is 2. The van der Waals surface area contributed by atoms with Crippen molar-refractivity contribution in [3.05, 3.63) is 72.3 Å². The summed E-state index contributed by atoms with van der Waals surface area (Å²) >= 11 is 0. The molecular weight excluding hydrogens is 382 g/mol. The number of nitrogens with zero attached hydrogens (tertiary/aromatic N) is 1. The molecule has 3 N–H and O–H groups in total. The van der Waals surface area contributed by atoms with Crippen molar-refractivity contribution in [2.75, 3.05) is 18.4 Å². The van der Waals surface area contributed by atoms with E-state index in [-0.39, 0.29) is 0 Å². The average Bonchev–Trinajstić information content (AvgIpc) is 2.73. The summed E-state index contributed by atoms with van der Waals surface area (Å²) in [6, 6.07) is 21.1. The Morgan fingerprint density at radius 2 is 1.76 bits per heavy atom. The molecule has 4 rings (SSSR count). The van der Waals surface area contributed by atoms with Gasteiger partial charge in [0.2, 0.25) is 10.0 Å². The Bertz CT molecular complexity index is 1090. The van der Waals surface area contributed by atoms with E-state index in [1.165, 1.54) is 0 Å². The molecule has 29 heavy (non-hydrogen) atoms. The van der Waals surface area contributed by atoms with Gasteiger partial charge in [-0.1, -0.05) is 49.4 Å². The molecule has 0 saturated carbocycles. The lowest BCUT2D eigenvalue weighted by Gasteiger charge is -2.30. The molecule has 5 nitrogen and oxygen atoms in total. The maximum Gasteiger partial charge on any atom is 0.243 e. The summed E-state index contributed by atoms with van der Waals surface area (Å²) in [5.41, 5.74) is 8.20. The Morgan fingerprint density at radius 3 is 2.52 bits per heavy atom. The third kappa shape index (κ3) is 4.15. The van der Waals surface area contributed by atoms with Gasteiger partial charge in [-0.15, -0.1) is 0 Å². The molecule has 0 aliphatic carbocycles. The first-order valence-corrected chi connectivity index (χ1v) is 11.5. The molecule has 2 atom stereocenters. The minimum absolute atomic E-state index is 0.330. The van der Waals surface area contributed by atoms with Crippen LogP contribution in [0.5, 0.6) is 0 Å². The second kappa shape index (κ2) is 8.14. The van der Waals surface area contributed by atoms with Crippen molar-refractivity contribution in [1.29, 1.82) is 0 Å². The number of rotatable bonds is 5. The van der Waals surface area contributed by atoms with Gasteiger partial charge in [0.25, 0.3) is 0 Å². The molecule has 1 fully saturated rings. The van der Waals surface area contributed by atoms with E-state index in [4.69, 9.17) is 5.73 Å². The van der Waals surface area contributed by atoms with Gasteiger partial charge in [-0.3, -0.25) is 0 Å². The van der Waals surface area contributed by atoms with Gasteiger partial charge in [-0.2, -0.15) is 4.31 Å². The Labute approximate surface area is 172 Å². The topological polar surface area (TPSA) is 75.4 Å². The average molecular weight is 410 g/mol. The molecule has 3 aromatic rings. The second-order valence-corrected chi connectivity index (χ2v) is 9.76. The molecule has 1 aliphatic rings. The van der Waals surface area contributed by atoms with Crippen molar-refractivity contribution in [1.82, 2.24) is 4.31 Å². The van der Waals surface area contributed by atoms with Gasteiger partial charge in [-0.05, 0) is 59.4 Å². The Balaban J connectivity index is 1.52. The lowest BCUT2D eigenvalue weighted by molar-refractivity contribution is 0.281. The third-order valence-electron chi connectivity index (χ3n) is 5.59. The van der Waals surface area contributed by atoms with Crippen LogP contribution in [0.4, 0.5) is 5.69 Å². The Hall–Kier alpha value is -2.41. The van der Waals surface area contributed by atoms with Crippen LogP contribution in [-0.2, 0) is 10.0 Å². The zero-order chi connectivity index (χ0) is 20.4. The number of sulfonamides is 1. The molecule has 1 saturated heterocycles. The monoisotopic (exact) mass is 409 g/mol. The summed E-state index contributed by atoms with van der Waals surface area (Å²) in [5, 5.41) is 5.53. The SMILES string of the molecule is CC1CCCN(S(=O)(=O)c2ccc(NC(N)c3cccc4ccccc34)cc2)C1. The van der Waals surface area contributed by atoms with Gasteiger partial charge in [0.05, 0.1) is 4.90 Å². The molecule has 1 aliphatic heterocycles. The predicted molar refractivity (Wildman–Crippen MR) is 118 cm³/mol. The number of hydrogen-bond acceptors (Lipinski definition) is 4. The van der Waals surface area contributed by atoms with Crippen LogP contribution in [-0.4, -0.2) is 25.8 Å². The van der Waals surface area contributed by atoms with Gasteiger partial charge in [-0.25, -0.2) is 8.42 Å². The van der Waals surface area contributed by atoms with Crippen molar-refractivity contribution in [2.45, 2.75) is 30.8 Å². The quantitative estimate of drug-likeness (QED) is 0.615. The van der Waals surface area contributed by atoms with Crippen molar-refractivity contribution in [2.24, 2.45) is 11.7 Å². The lowest BCUT2D eigenvalue weighted by Crippen LogP contribution is -2.39. The van der Waals surface area contributed by atoms with Crippen LogP contribution >= 0.6 is 0 Å². The van der Waals surface area contributed by atoms with Gasteiger partial charge in [0, 0.05) is 18.8 Å². The van der Waals surface area contributed by atoms with Crippen LogP contribution in [0.2, 0.25) is 0 Å². The number of anilines is 1. The third-order valence-corrected chi connectivity index (χ3v) is 7.47. The van der Waals surface area contributed by atoms with Crippen LogP contribution in [0.25, 0.3) is 10.8 Å². The highest BCUT2D eigenvalue weighted by atomic mass is 32.2. The predicted octanol–water partition coefficient (Wildman–Crippen LogP) is 4.33. The van der Waals surface area contributed by atoms with Crippen LogP contribution in [0, 0.1) is 5.92 Å². The van der Waals surface area contributed by atoms with E-state index in [2.05, 4.69) is 30.4 Å². The highest BCUT2D eigenvalue weighted by Gasteiger charge is 2.28.